The molecule has 5 nitrogen and oxygen atoms in total. The Morgan fingerprint density at radius 2 is 2.19 bits per heavy atom. The molecule has 0 amide bonds. The molecule has 0 unspecified atom stereocenters. The van der Waals surface area contributed by atoms with E-state index in [0.29, 0.717) is 6.54 Å². The van der Waals surface area contributed by atoms with Gasteiger partial charge >= 0.3 is 0 Å². The van der Waals surface area contributed by atoms with E-state index in [9.17, 15) is 0 Å². The largest absolute Gasteiger partial charge is 0.330 e. The highest BCUT2D eigenvalue weighted by Crippen LogP contribution is 2.12. The minimum Gasteiger partial charge on any atom is -0.330 e. The molecule has 2 heterocycles. The van der Waals surface area contributed by atoms with Crippen molar-refractivity contribution in [2.45, 2.75) is 20.3 Å². The number of aromatic nitrogens is 4. The number of pyridine rings is 1. The van der Waals surface area contributed by atoms with Gasteiger partial charge in [-0.3, -0.25) is 0 Å². The summed E-state index contributed by atoms with van der Waals surface area (Å²) in [6.07, 6.45) is 2.55. The molecule has 0 aromatic carbocycles. The average molecular weight is 217 g/mol. The predicted octanol–water partition coefficient (Wildman–Crippen LogP) is 0.780. The van der Waals surface area contributed by atoms with Crippen molar-refractivity contribution in [3.8, 4) is 5.82 Å². The number of aryl methyl sites for hydroxylation is 2. The molecule has 0 spiro atoms. The first-order valence-electron chi connectivity index (χ1n) is 5.27. The van der Waals surface area contributed by atoms with Gasteiger partial charge in [0.1, 0.15) is 11.6 Å². The summed E-state index contributed by atoms with van der Waals surface area (Å²) in [5.74, 6) is 2.42. The Hall–Kier alpha value is -1.75. The van der Waals surface area contributed by atoms with Gasteiger partial charge in [-0.2, -0.15) is 4.68 Å². The van der Waals surface area contributed by atoms with Gasteiger partial charge in [0.15, 0.2) is 5.82 Å². The number of rotatable bonds is 3. The summed E-state index contributed by atoms with van der Waals surface area (Å²) in [5, 5.41) is 4.33. The Labute approximate surface area is 94.3 Å². The van der Waals surface area contributed by atoms with Crippen LogP contribution in [0.15, 0.2) is 18.3 Å². The minimum absolute atomic E-state index is 0.603. The summed E-state index contributed by atoms with van der Waals surface area (Å²) in [7, 11) is 0. The smallest absolute Gasteiger partial charge is 0.158 e. The van der Waals surface area contributed by atoms with E-state index in [0.717, 1.165) is 29.5 Å². The Morgan fingerprint density at radius 3 is 2.81 bits per heavy atom. The van der Waals surface area contributed by atoms with Gasteiger partial charge in [-0.15, -0.1) is 5.10 Å². The first kappa shape index (κ1) is 10.8. The third-order valence-corrected chi connectivity index (χ3v) is 2.36. The summed E-state index contributed by atoms with van der Waals surface area (Å²) in [6, 6.07) is 3.93. The zero-order chi connectivity index (χ0) is 11.5. The maximum atomic E-state index is 5.58. The lowest BCUT2D eigenvalue weighted by Crippen LogP contribution is -2.10. The molecule has 0 atom stereocenters. The lowest BCUT2D eigenvalue weighted by Gasteiger charge is -2.07. The van der Waals surface area contributed by atoms with Crippen LogP contribution in [0.1, 0.15) is 17.2 Å². The summed E-state index contributed by atoms with van der Waals surface area (Å²) in [4.78, 5) is 8.62. The summed E-state index contributed by atoms with van der Waals surface area (Å²) >= 11 is 0. The zero-order valence-electron chi connectivity index (χ0n) is 9.51. The van der Waals surface area contributed by atoms with Crippen molar-refractivity contribution in [1.29, 1.82) is 0 Å². The second kappa shape index (κ2) is 4.40. The minimum atomic E-state index is 0.603. The van der Waals surface area contributed by atoms with Gasteiger partial charge in [0.05, 0.1) is 0 Å². The molecule has 84 valence electrons. The fraction of sp³-hybridized carbons (Fsp3) is 0.364. The van der Waals surface area contributed by atoms with Gasteiger partial charge in [0.2, 0.25) is 0 Å². The maximum absolute atomic E-state index is 5.58. The van der Waals surface area contributed by atoms with Gasteiger partial charge in [-0.05, 0) is 38.4 Å². The van der Waals surface area contributed by atoms with E-state index in [4.69, 9.17) is 5.73 Å². The Bertz CT molecular complexity index is 489. The van der Waals surface area contributed by atoms with Crippen LogP contribution in [0.2, 0.25) is 0 Å². The highest BCUT2D eigenvalue weighted by molar-refractivity contribution is 5.33. The van der Waals surface area contributed by atoms with Crippen molar-refractivity contribution in [3.05, 3.63) is 35.5 Å². The molecule has 2 aromatic heterocycles. The first-order chi connectivity index (χ1) is 7.72. The van der Waals surface area contributed by atoms with Crippen molar-refractivity contribution < 1.29 is 0 Å². The molecule has 5 heteroatoms. The zero-order valence-corrected chi connectivity index (χ0v) is 9.51. The summed E-state index contributed by atoms with van der Waals surface area (Å²) in [6.45, 7) is 4.39. The highest BCUT2D eigenvalue weighted by Gasteiger charge is 2.10. The third kappa shape index (κ3) is 1.94. The van der Waals surface area contributed by atoms with Crippen LogP contribution in [-0.4, -0.2) is 26.3 Å². The van der Waals surface area contributed by atoms with Crippen molar-refractivity contribution in [2.75, 3.05) is 6.54 Å². The number of nitrogens with zero attached hydrogens (tertiary/aromatic N) is 4. The van der Waals surface area contributed by atoms with E-state index < -0.39 is 0 Å². The van der Waals surface area contributed by atoms with Crippen LogP contribution >= 0.6 is 0 Å². The van der Waals surface area contributed by atoms with E-state index in [1.165, 1.54) is 0 Å². The van der Waals surface area contributed by atoms with Crippen molar-refractivity contribution >= 4 is 0 Å². The Balaban J connectivity index is 2.50. The second-order valence-electron chi connectivity index (χ2n) is 3.64. The standard InChI is InChI=1S/C11H15N5/c1-8-14-9(2)16(15-8)11-10(5-6-12)4-3-7-13-11/h3-4,7H,5-6,12H2,1-2H3. The summed E-state index contributed by atoms with van der Waals surface area (Å²) in [5.41, 5.74) is 6.67. The van der Waals surface area contributed by atoms with Crippen LogP contribution in [0, 0.1) is 13.8 Å². The van der Waals surface area contributed by atoms with Crippen molar-refractivity contribution in [3.63, 3.8) is 0 Å². The van der Waals surface area contributed by atoms with Crippen LogP contribution in [0.4, 0.5) is 0 Å². The quantitative estimate of drug-likeness (QED) is 0.824. The van der Waals surface area contributed by atoms with E-state index in [1.54, 1.807) is 10.9 Å². The molecular formula is C11H15N5. The fourth-order valence-corrected chi connectivity index (χ4v) is 1.69. The molecule has 0 radical (unpaired) electrons. The van der Waals surface area contributed by atoms with Gasteiger partial charge in [0.25, 0.3) is 0 Å². The Morgan fingerprint density at radius 1 is 1.38 bits per heavy atom. The van der Waals surface area contributed by atoms with Crippen LogP contribution in [0.5, 0.6) is 0 Å². The van der Waals surface area contributed by atoms with Crippen molar-refractivity contribution in [2.24, 2.45) is 5.73 Å². The molecule has 2 rings (SSSR count). The monoisotopic (exact) mass is 217 g/mol. The average Bonchev–Trinajstić information content (AvgIpc) is 2.59. The number of hydrogen-bond acceptors (Lipinski definition) is 4. The van der Waals surface area contributed by atoms with Crippen LogP contribution in [-0.2, 0) is 6.42 Å². The Kier molecular flexibility index (Phi) is 2.96. The van der Waals surface area contributed by atoms with E-state index >= 15 is 0 Å². The molecule has 0 aliphatic rings. The number of hydrogen-bond donors (Lipinski definition) is 1. The summed E-state index contributed by atoms with van der Waals surface area (Å²) < 4.78 is 1.76. The molecular weight excluding hydrogens is 202 g/mol. The SMILES string of the molecule is Cc1nc(C)n(-c2ncccc2CCN)n1. The topological polar surface area (TPSA) is 69.6 Å². The molecule has 2 aromatic rings. The van der Waals surface area contributed by atoms with Crippen LogP contribution in [0.25, 0.3) is 5.82 Å². The van der Waals surface area contributed by atoms with Gasteiger partial charge in [-0.25, -0.2) is 9.97 Å². The molecule has 0 saturated heterocycles. The van der Waals surface area contributed by atoms with E-state index in [-0.39, 0.29) is 0 Å². The molecule has 0 aliphatic carbocycles. The lowest BCUT2D eigenvalue weighted by atomic mass is 10.2. The third-order valence-electron chi connectivity index (χ3n) is 2.36. The van der Waals surface area contributed by atoms with Crippen LogP contribution < -0.4 is 5.73 Å². The van der Waals surface area contributed by atoms with E-state index in [1.807, 2.05) is 26.0 Å². The highest BCUT2D eigenvalue weighted by atomic mass is 15.4. The number of nitrogens with two attached hydrogens (primary N) is 1. The first-order valence-corrected chi connectivity index (χ1v) is 5.27. The maximum Gasteiger partial charge on any atom is 0.158 e. The normalized spacial score (nSPS) is 10.7. The fourth-order valence-electron chi connectivity index (χ4n) is 1.69. The molecule has 0 aliphatic heterocycles. The van der Waals surface area contributed by atoms with Gasteiger partial charge in [-0.1, -0.05) is 6.07 Å². The van der Waals surface area contributed by atoms with Crippen molar-refractivity contribution in [1.82, 2.24) is 19.7 Å². The molecule has 0 bridgehead atoms. The second-order valence-corrected chi connectivity index (χ2v) is 3.64. The van der Waals surface area contributed by atoms with Gasteiger partial charge in [0, 0.05) is 6.20 Å². The molecule has 0 saturated carbocycles. The molecule has 0 fully saturated rings. The lowest BCUT2D eigenvalue weighted by molar-refractivity contribution is 0.783. The van der Waals surface area contributed by atoms with E-state index in [2.05, 4.69) is 15.1 Å². The molecule has 16 heavy (non-hydrogen) atoms. The van der Waals surface area contributed by atoms with Crippen LogP contribution in [0.3, 0.4) is 0 Å². The predicted molar refractivity (Wildman–Crippen MR) is 61.4 cm³/mol. The molecule has 2 N–H and O–H groups in total. The van der Waals surface area contributed by atoms with Gasteiger partial charge < -0.3 is 5.73 Å².